The Kier molecular flexibility index (Phi) is 4.96. The summed E-state index contributed by atoms with van der Waals surface area (Å²) in [6.07, 6.45) is 0.902. The van der Waals surface area contributed by atoms with Crippen LogP contribution in [0, 0.1) is 17.4 Å². The molecular formula is C16H19IN2. The van der Waals surface area contributed by atoms with E-state index in [1.165, 1.54) is 25.8 Å². The lowest BCUT2D eigenvalue weighted by atomic mass is 9.97. The van der Waals surface area contributed by atoms with E-state index >= 15 is 0 Å². The maximum absolute atomic E-state index is 5.74. The quantitative estimate of drug-likeness (QED) is 0.493. The molecule has 0 saturated carbocycles. The first-order valence-corrected chi connectivity index (χ1v) is 7.45. The van der Waals surface area contributed by atoms with Gasteiger partial charge in [-0.05, 0) is 60.1 Å². The molecule has 2 nitrogen and oxygen atoms in total. The number of nitrogens with one attached hydrogen (secondary N) is 1. The highest BCUT2D eigenvalue weighted by Gasteiger charge is 2.13. The van der Waals surface area contributed by atoms with Crippen molar-refractivity contribution in [3.63, 3.8) is 0 Å². The molecule has 0 fully saturated rings. The predicted octanol–water partition coefficient (Wildman–Crippen LogP) is 3.66. The number of aryl methyl sites for hydroxylation is 2. The summed E-state index contributed by atoms with van der Waals surface area (Å²) in [4.78, 5) is 0. The first kappa shape index (κ1) is 14.5. The molecule has 0 saturated heterocycles. The molecule has 3 heteroatoms. The number of nitrogens with two attached hydrogens (primary N) is 1. The highest BCUT2D eigenvalue weighted by Crippen LogP contribution is 2.23. The van der Waals surface area contributed by atoms with Gasteiger partial charge in [0.25, 0.3) is 0 Å². The summed E-state index contributed by atoms with van der Waals surface area (Å²) in [7, 11) is 0. The van der Waals surface area contributed by atoms with Gasteiger partial charge in [-0.15, -0.1) is 0 Å². The van der Waals surface area contributed by atoms with Crippen LogP contribution in [0.4, 0.5) is 0 Å². The van der Waals surface area contributed by atoms with Crippen molar-refractivity contribution in [2.24, 2.45) is 5.84 Å². The van der Waals surface area contributed by atoms with E-state index < -0.39 is 0 Å². The molecule has 0 amide bonds. The zero-order chi connectivity index (χ0) is 13.8. The van der Waals surface area contributed by atoms with Crippen molar-refractivity contribution in [2.75, 3.05) is 0 Å². The molecule has 0 bridgehead atoms. The van der Waals surface area contributed by atoms with Gasteiger partial charge >= 0.3 is 0 Å². The molecule has 100 valence electrons. The average molecular weight is 366 g/mol. The van der Waals surface area contributed by atoms with E-state index in [2.05, 4.69) is 84.3 Å². The van der Waals surface area contributed by atoms with Crippen LogP contribution in [0.3, 0.4) is 0 Å². The fraction of sp³-hybridized carbons (Fsp3) is 0.250. The first-order chi connectivity index (χ1) is 9.10. The highest BCUT2D eigenvalue weighted by molar-refractivity contribution is 14.1. The van der Waals surface area contributed by atoms with Gasteiger partial charge in [-0.2, -0.15) is 0 Å². The van der Waals surface area contributed by atoms with Gasteiger partial charge in [0.15, 0.2) is 0 Å². The SMILES string of the molecule is Cc1cc(C)cc(CC(NN)c2ccccc2I)c1. The molecule has 2 aromatic carbocycles. The molecule has 1 unspecified atom stereocenters. The Morgan fingerprint density at radius 1 is 1.11 bits per heavy atom. The minimum Gasteiger partial charge on any atom is -0.271 e. The Labute approximate surface area is 128 Å². The molecule has 0 aliphatic heterocycles. The normalized spacial score (nSPS) is 12.4. The van der Waals surface area contributed by atoms with Crippen LogP contribution in [0.1, 0.15) is 28.3 Å². The zero-order valence-electron chi connectivity index (χ0n) is 11.3. The molecule has 0 aliphatic carbocycles. The monoisotopic (exact) mass is 366 g/mol. The summed E-state index contributed by atoms with van der Waals surface area (Å²) in [6.45, 7) is 4.27. The van der Waals surface area contributed by atoms with Gasteiger partial charge in [0.2, 0.25) is 0 Å². The first-order valence-electron chi connectivity index (χ1n) is 6.38. The summed E-state index contributed by atoms with van der Waals surface area (Å²) >= 11 is 2.36. The maximum atomic E-state index is 5.74. The third-order valence-electron chi connectivity index (χ3n) is 3.20. The van der Waals surface area contributed by atoms with Gasteiger partial charge in [0.1, 0.15) is 0 Å². The highest BCUT2D eigenvalue weighted by atomic mass is 127. The molecule has 0 aliphatic rings. The van der Waals surface area contributed by atoms with Crippen LogP contribution in [-0.4, -0.2) is 0 Å². The number of halogens is 1. The molecule has 0 radical (unpaired) electrons. The standard InChI is InChI=1S/C16H19IN2/c1-11-7-12(2)9-13(8-11)10-16(19-18)14-5-3-4-6-15(14)17/h3-9,16,19H,10,18H2,1-2H3. The van der Waals surface area contributed by atoms with E-state index in [4.69, 9.17) is 5.84 Å². The second-order valence-corrected chi connectivity index (χ2v) is 6.10. The van der Waals surface area contributed by atoms with E-state index in [0.29, 0.717) is 0 Å². The van der Waals surface area contributed by atoms with E-state index in [1.54, 1.807) is 0 Å². The van der Waals surface area contributed by atoms with Crippen LogP contribution >= 0.6 is 22.6 Å². The minimum absolute atomic E-state index is 0.147. The molecular weight excluding hydrogens is 347 g/mol. The Morgan fingerprint density at radius 2 is 1.74 bits per heavy atom. The van der Waals surface area contributed by atoms with Gasteiger partial charge in [-0.25, -0.2) is 0 Å². The van der Waals surface area contributed by atoms with Crippen molar-refractivity contribution in [1.29, 1.82) is 0 Å². The number of rotatable bonds is 4. The fourth-order valence-corrected chi connectivity index (χ4v) is 3.20. The molecule has 3 N–H and O–H groups in total. The second-order valence-electron chi connectivity index (χ2n) is 4.94. The van der Waals surface area contributed by atoms with Crippen LogP contribution in [0.2, 0.25) is 0 Å². The van der Waals surface area contributed by atoms with E-state index in [0.717, 1.165) is 6.42 Å². The largest absolute Gasteiger partial charge is 0.271 e. The average Bonchev–Trinajstić information content (AvgIpc) is 2.36. The zero-order valence-corrected chi connectivity index (χ0v) is 13.4. The Bertz CT molecular complexity index is 546. The smallest absolute Gasteiger partial charge is 0.0510 e. The number of hydrogen-bond donors (Lipinski definition) is 2. The topological polar surface area (TPSA) is 38.0 Å². The summed E-state index contributed by atoms with van der Waals surface area (Å²) in [5.41, 5.74) is 8.11. The Hall–Kier alpha value is -0.910. The van der Waals surface area contributed by atoms with Crippen molar-refractivity contribution in [3.05, 3.63) is 68.3 Å². The van der Waals surface area contributed by atoms with Crippen LogP contribution in [0.5, 0.6) is 0 Å². The molecule has 0 spiro atoms. The molecule has 0 heterocycles. The van der Waals surface area contributed by atoms with Crippen LogP contribution in [0.25, 0.3) is 0 Å². The Morgan fingerprint density at radius 3 is 2.32 bits per heavy atom. The van der Waals surface area contributed by atoms with Gasteiger partial charge in [-0.3, -0.25) is 11.3 Å². The summed E-state index contributed by atoms with van der Waals surface area (Å²) in [6, 6.07) is 15.2. The van der Waals surface area contributed by atoms with Gasteiger partial charge in [-0.1, -0.05) is 47.5 Å². The predicted molar refractivity (Wildman–Crippen MR) is 88.8 cm³/mol. The minimum atomic E-state index is 0.147. The molecule has 19 heavy (non-hydrogen) atoms. The third kappa shape index (κ3) is 3.78. The van der Waals surface area contributed by atoms with Crippen LogP contribution in [-0.2, 0) is 6.42 Å². The second kappa shape index (κ2) is 6.50. The lowest BCUT2D eigenvalue weighted by Crippen LogP contribution is -2.30. The molecule has 2 aromatic rings. The fourth-order valence-electron chi connectivity index (χ4n) is 2.44. The number of benzene rings is 2. The van der Waals surface area contributed by atoms with E-state index in [1.807, 2.05) is 0 Å². The Balaban J connectivity index is 2.26. The molecule has 0 aromatic heterocycles. The lowest BCUT2D eigenvalue weighted by Gasteiger charge is -2.18. The van der Waals surface area contributed by atoms with Gasteiger partial charge in [0.05, 0.1) is 6.04 Å². The third-order valence-corrected chi connectivity index (χ3v) is 4.19. The van der Waals surface area contributed by atoms with Crippen molar-refractivity contribution in [1.82, 2.24) is 5.43 Å². The van der Waals surface area contributed by atoms with Crippen LogP contribution < -0.4 is 11.3 Å². The maximum Gasteiger partial charge on any atom is 0.0510 e. The van der Waals surface area contributed by atoms with Crippen molar-refractivity contribution >= 4 is 22.6 Å². The van der Waals surface area contributed by atoms with Crippen molar-refractivity contribution in [3.8, 4) is 0 Å². The van der Waals surface area contributed by atoms with Crippen LogP contribution in [0.15, 0.2) is 42.5 Å². The summed E-state index contributed by atoms with van der Waals surface area (Å²) < 4.78 is 1.24. The molecule has 1 atom stereocenters. The van der Waals surface area contributed by atoms with Crippen molar-refractivity contribution < 1.29 is 0 Å². The van der Waals surface area contributed by atoms with E-state index in [-0.39, 0.29) is 6.04 Å². The van der Waals surface area contributed by atoms with Crippen molar-refractivity contribution in [2.45, 2.75) is 26.3 Å². The summed E-state index contributed by atoms with van der Waals surface area (Å²) in [5.74, 6) is 5.74. The lowest BCUT2D eigenvalue weighted by molar-refractivity contribution is 0.549. The van der Waals surface area contributed by atoms with Gasteiger partial charge < -0.3 is 0 Å². The van der Waals surface area contributed by atoms with Gasteiger partial charge in [0, 0.05) is 3.57 Å². The summed E-state index contributed by atoms with van der Waals surface area (Å²) in [5, 5.41) is 0. The molecule has 2 rings (SSSR count). The van der Waals surface area contributed by atoms with E-state index in [9.17, 15) is 0 Å². The number of hydrogen-bond acceptors (Lipinski definition) is 2. The number of hydrazine groups is 1.